The molecule has 0 aliphatic heterocycles. The number of amides is 1. The molecule has 2 rings (SSSR count). The third-order valence-corrected chi connectivity index (χ3v) is 5.76. The van der Waals surface area contributed by atoms with Crippen molar-refractivity contribution in [3.05, 3.63) is 20.8 Å². The Bertz CT molecular complexity index is 815. The Morgan fingerprint density at radius 2 is 1.96 bits per heavy atom. The summed E-state index contributed by atoms with van der Waals surface area (Å²) in [6, 6.07) is 0. The van der Waals surface area contributed by atoms with E-state index in [4.69, 9.17) is 0 Å². The van der Waals surface area contributed by atoms with Gasteiger partial charge in [0, 0.05) is 17.5 Å². The van der Waals surface area contributed by atoms with Crippen molar-refractivity contribution in [1.82, 2.24) is 14.9 Å². The van der Waals surface area contributed by atoms with Gasteiger partial charge in [-0.15, -0.1) is 11.3 Å². The second-order valence-corrected chi connectivity index (χ2v) is 9.23. The summed E-state index contributed by atoms with van der Waals surface area (Å²) in [6.45, 7) is 11.6. The van der Waals surface area contributed by atoms with Crippen LogP contribution in [0.4, 0.5) is 0 Å². The number of carbonyl (C=O) groups excluding carboxylic acids is 1. The maximum atomic E-state index is 12.6. The van der Waals surface area contributed by atoms with E-state index in [0.29, 0.717) is 10.5 Å². The fraction of sp³-hybridized carbons (Fsp3) is 0.562. The molecule has 2 aromatic heterocycles. The maximum absolute atomic E-state index is 12.6. The maximum Gasteiger partial charge on any atom is 0.262 e. The van der Waals surface area contributed by atoms with Crippen molar-refractivity contribution in [2.75, 3.05) is 0 Å². The number of hydrogen-bond donors (Lipinski definition) is 1. The van der Waals surface area contributed by atoms with Gasteiger partial charge in [0.1, 0.15) is 4.83 Å². The third-order valence-electron chi connectivity index (χ3n) is 3.52. The van der Waals surface area contributed by atoms with E-state index in [0.717, 1.165) is 15.3 Å². The highest BCUT2D eigenvalue weighted by molar-refractivity contribution is 8.00. The van der Waals surface area contributed by atoms with Crippen molar-refractivity contribution < 1.29 is 4.79 Å². The number of aromatic nitrogens is 2. The highest BCUT2D eigenvalue weighted by Crippen LogP contribution is 2.29. The van der Waals surface area contributed by atoms with Crippen LogP contribution in [0.15, 0.2) is 9.95 Å². The Labute approximate surface area is 144 Å². The zero-order valence-corrected chi connectivity index (χ0v) is 16.2. The van der Waals surface area contributed by atoms with Gasteiger partial charge in [0.15, 0.2) is 5.16 Å². The molecule has 2 heterocycles. The third kappa shape index (κ3) is 3.77. The summed E-state index contributed by atoms with van der Waals surface area (Å²) >= 11 is 2.83. The molecule has 0 radical (unpaired) electrons. The van der Waals surface area contributed by atoms with Crippen LogP contribution < -0.4 is 10.9 Å². The zero-order valence-electron chi connectivity index (χ0n) is 14.6. The topological polar surface area (TPSA) is 64.0 Å². The van der Waals surface area contributed by atoms with E-state index < -0.39 is 0 Å². The lowest BCUT2D eigenvalue weighted by atomic mass is 10.1. The number of hydrogen-bond acceptors (Lipinski definition) is 5. The summed E-state index contributed by atoms with van der Waals surface area (Å²) in [6.07, 6.45) is 0. The Morgan fingerprint density at radius 3 is 2.52 bits per heavy atom. The van der Waals surface area contributed by atoms with Gasteiger partial charge < -0.3 is 5.32 Å². The van der Waals surface area contributed by atoms with E-state index in [1.165, 1.54) is 27.7 Å². The van der Waals surface area contributed by atoms with E-state index >= 15 is 0 Å². The van der Waals surface area contributed by atoms with Crippen LogP contribution in [-0.2, 0) is 11.8 Å². The van der Waals surface area contributed by atoms with Crippen molar-refractivity contribution in [2.24, 2.45) is 7.05 Å². The predicted octanol–water partition coefficient (Wildman–Crippen LogP) is 3.01. The second kappa shape index (κ2) is 6.28. The van der Waals surface area contributed by atoms with Gasteiger partial charge in [-0.05, 0) is 47.1 Å². The molecule has 0 spiro atoms. The standard InChI is InChI=1S/C16H23N3O2S2/c1-8-9(2)22-13-11(8)14(21)19(7)15(17-13)23-10(3)12(20)18-16(4,5)6/h10H,1-7H3,(H,18,20). The van der Waals surface area contributed by atoms with Gasteiger partial charge in [-0.25, -0.2) is 4.98 Å². The summed E-state index contributed by atoms with van der Waals surface area (Å²) in [5.74, 6) is -0.0598. The van der Waals surface area contributed by atoms with Gasteiger partial charge in [0.25, 0.3) is 5.56 Å². The molecule has 23 heavy (non-hydrogen) atoms. The number of carbonyl (C=O) groups is 1. The Kier molecular flexibility index (Phi) is 4.92. The molecule has 2 aromatic rings. The molecule has 0 saturated heterocycles. The molecule has 0 saturated carbocycles. The molecule has 5 nitrogen and oxygen atoms in total. The molecule has 1 N–H and O–H groups in total. The minimum atomic E-state index is -0.327. The molecular formula is C16H23N3O2S2. The molecule has 0 aromatic carbocycles. The molecule has 0 bridgehead atoms. The normalized spacial score (nSPS) is 13.3. The van der Waals surface area contributed by atoms with Crippen LogP contribution in [0.2, 0.25) is 0 Å². The van der Waals surface area contributed by atoms with Gasteiger partial charge in [0.2, 0.25) is 5.91 Å². The van der Waals surface area contributed by atoms with E-state index in [2.05, 4.69) is 10.3 Å². The summed E-state index contributed by atoms with van der Waals surface area (Å²) in [4.78, 5) is 31.3. The molecule has 7 heteroatoms. The molecule has 1 unspecified atom stereocenters. The van der Waals surface area contributed by atoms with Crippen molar-refractivity contribution in [3.63, 3.8) is 0 Å². The monoisotopic (exact) mass is 353 g/mol. The number of aryl methyl sites for hydroxylation is 2. The van der Waals surface area contributed by atoms with Crippen LogP contribution in [0.1, 0.15) is 38.1 Å². The lowest BCUT2D eigenvalue weighted by Gasteiger charge is -2.23. The second-order valence-electron chi connectivity index (χ2n) is 6.72. The lowest BCUT2D eigenvalue weighted by molar-refractivity contribution is -0.121. The van der Waals surface area contributed by atoms with Crippen LogP contribution in [0, 0.1) is 13.8 Å². The van der Waals surface area contributed by atoms with Gasteiger partial charge in [0.05, 0.1) is 10.6 Å². The molecule has 0 fully saturated rings. The number of nitrogens with one attached hydrogen (secondary N) is 1. The minimum Gasteiger partial charge on any atom is -0.351 e. The van der Waals surface area contributed by atoms with Crippen LogP contribution >= 0.6 is 23.1 Å². The minimum absolute atomic E-state index is 0.0530. The average Bonchev–Trinajstić information content (AvgIpc) is 2.69. The van der Waals surface area contributed by atoms with Crippen molar-refractivity contribution in [2.45, 2.75) is 57.5 Å². The summed E-state index contributed by atoms with van der Waals surface area (Å²) < 4.78 is 1.53. The molecule has 126 valence electrons. The van der Waals surface area contributed by atoms with Crippen molar-refractivity contribution in [1.29, 1.82) is 0 Å². The first-order valence-corrected chi connectivity index (χ1v) is 9.16. The summed E-state index contributed by atoms with van der Waals surface area (Å²) in [5.41, 5.74) is 0.660. The van der Waals surface area contributed by atoms with Gasteiger partial charge in [-0.1, -0.05) is 11.8 Å². The molecule has 0 aliphatic carbocycles. The van der Waals surface area contributed by atoms with Crippen LogP contribution in [0.3, 0.4) is 0 Å². The highest BCUT2D eigenvalue weighted by Gasteiger charge is 2.23. The van der Waals surface area contributed by atoms with Crippen molar-refractivity contribution >= 4 is 39.2 Å². The fourth-order valence-corrected chi connectivity index (χ4v) is 4.09. The smallest absolute Gasteiger partial charge is 0.262 e. The summed E-state index contributed by atoms with van der Waals surface area (Å²) in [5, 5.41) is 3.88. The Balaban J connectivity index is 2.36. The number of rotatable bonds is 3. The zero-order chi connectivity index (χ0) is 17.5. The van der Waals surface area contributed by atoms with Gasteiger partial charge in [-0.3, -0.25) is 14.2 Å². The molecular weight excluding hydrogens is 330 g/mol. The van der Waals surface area contributed by atoms with Gasteiger partial charge >= 0.3 is 0 Å². The quantitative estimate of drug-likeness (QED) is 0.680. The van der Waals surface area contributed by atoms with E-state index in [1.807, 2.05) is 41.5 Å². The van der Waals surface area contributed by atoms with Crippen LogP contribution in [-0.4, -0.2) is 26.2 Å². The Morgan fingerprint density at radius 1 is 1.35 bits per heavy atom. The van der Waals surface area contributed by atoms with Crippen LogP contribution in [0.25, 0.3) is 10.2 Å². The average molecular weight is 354 g/mol. The SMILES string of the molecule is Cc1sc2nc(SC(C)C(=O)NC(C)(C)C)n(C)c(=O)c2c1C. The fourth-order valence-electron chi connectivity index (χ4n) is 2.14. The van der Waals surface area contributed by atoms with Crippen LogP contribution in [0.5, 0.6) is 0 Å². The van der Waals surface area contributed by atoms with E-state index in [9.17, 15) is 9.59 Å². The van der Waals surface area contributed by atoms with Crippen molar-refractivity contribution in [3.8, 4) is 0 Å². The molecule has 1 amide bonds. The Hall–Kier alpha value is -1.34. The predicted molar refractivity (Wildman–Crippen MR) is 97.5 cm³/mol. The van der Waals surface area contributed by atoms with Gasteiger partial charge in [-0.2, -0.15) is 0 Å². The first-order valence-electron chi connectivity index (χ1n) is 7.46. The first kappa shape index (κ1) is 18.0. The largest absolute Gasteiger partial charge is 0.351 e. The molecule has 0 aliphatic rings. The number of thioether (sulfide) groups is 1. The van der Waals surface area contributed by atoms with E-state index in [-0.39, 0.29) is 22.3 Å². The molecule has 1 atom stereocenters. The number of nitrogens with zero attached hydrogens (tertiary/aromatic N) is 2. The highest BCUT2D eigenvalue weighted by atomic mass is 32.2. The van der Waals surface area contributed by atoms with E-state index in [1.54, 1.807) is 7.05 Å². The number of fused-ring (bicyclic) bond motifs is 1. The first-order chi connectivity index (χ1) is 10.5. The number of thiophene rings is 1. The summed E-state index contributed by atoms with van der Waals surface area (Å²) in [7, 11) is 1.71. The lowest BCUT2D eigenvalue weighted by Crippen LogP contribution is -2.44.